The molecule has 0 aliphatic rings. The first-order valence-corrected chi connectivity index (χ1v) is 6.08. The number of rotatable bonds is 8. The molecular weight excluding hydrogens is 190 g/mol. The Hall–Kier alpha value is -0.570. The first-order valence-electron chi connectivity index (χ1n) is 6.08. The molecule has 3 heteroatoms. The Morgan fingerprint density at radius 1 is 1.20 bits per heavy atom. The van der Waals surface area contributed by atoms with Gasteiger partial charge in [-0.3, -0.25) is 4.79 Å². The van der Waals surface area contributed by atoms with Crippen LogP contribution in [0.15, 0.2) is 0 Å². The molecule has 3 nitrogen and oxygen atoms in total. The highest BCUT2D eigenvalue weighted by molar-refractivity contribution is 5.70. The molecule has 0 rings (SSSR count). The minimum absolute atomic E-state index is 0.0876. The summed E-state index contributed by atoms with van der Waals surface area (Å²) in [5, 5.41) is 3.37. The predicted molar refractivity (Wildman–Crippen MR) is 62.8 cm³/mol. The van der Waals surface area contributed by atoms with Crippen LogP contribution >= 0.6 is 0 Å². The maximum atomic E-state index is 11.4. The summed E-state index contributed by atoms with van der Waals surface area (Å²) in [5.41, 5.74) is 0. The molecule has 0 aliphatic heterocycles. The third-order valence-electron chi connectivity index (χ3n) is 2.78. The molecule has 90 valence electrons. The number of hydrogen-bond donors (Lipinski definition) is 1. The molecule has 0 bridgehead atoms. The topological polar surface area (TPSA) is 38.3 Å². The maximum absolute atomic E-state index is 11.4. The van der Waals surface area contributed by atoms with E-state index in [-0.39, 0.29) is 12.0 Å². The lowest BCUT2D eigenvalue weighted by molar-refractivity contribution is -0.144. The van der Waals surface area contributed by atoms with Crippen molar-refractivity contribution in [3.8, 4) is 0 Å². The Bertz CT molecular complexity index is 167. The summed E-state index contributed by atoms with van der Waals surface area (Å²) >= 11 is 0. The molecule has 0 radical (unpaired) electrons. The lowest BCUT2D eigenvalue weighted by atomic mass is 9.92. The minimum atomic E-state index is -0.0876. The molecule has 0 aromatic heterocycles. The Kier molecular flexibility index (Phi) is 8.38. The van der Waals surface area contributed by atoms with Gasteiger partial charge in [-0.1, -0.05) is 33.6 Å². The molecular formula is C12H25NO2. The molecule has 0 fully saturated rings. The lowest BCUT2D eigenvalue weighted by Crippen LogP contribution is -2.38. The summed E-state index contributed by atoms with van der Waals surface area (Å²) in [6, 6.07) is 0.268. The van der Waals surface area contributed by atoms with Crippen LogP contribution in [0.3, 0.4) is 0 Å². The average molecular weight is 215 g/mol. The van der Waals surface area contributed by atoms with E-state index in [2.05, 4.69) is 26.1 Å². The normalized spacial score (nSPS) is 12.9. The van der Waals surface area contributed by atoms with Crippen molar-refractivity contribution in [1.29, 1.82) is 0 Å². The Labute approximate surface area is 93.6 Å². The zero-order valence-electron chi connectivity index (χ0n) is 10.5. The second-order valence-electron chi connectivity index (χ2n) is 3.75. The van der Waals surface area contributed by atoms with Gasteiger partial charge in [-0.15, -0.1) is 0 Å². The summed E-state index contributed by atoms with van der Waals surface area (Å²) in [6.07, 6.45) is 2.70. The fraction of sp³-hybridized carbons (Fsp3) is 0.917. The van der Waals surface area contributed by atoms with Crippen LogP contribution in [-0.4, -0.2) is 25.2 Å². The van der Waals surface area contributed by atoms with Crippen molar-refractivity contribution in [2.45, 2.75) is 53.0 Å². The number of nitrogens with one attached hydrogen (secondary N) is 1. The summed E-state index contributed by atoms with van der Waals surface area (Å²) in [7, 11) is 0. The second-order valence-corrected chi connectivity index (χ2v) is 3.75. The monoisotopic (exact) mass is 215 g/mol. The summed E-state index contributed by atoms with van der Waals surface area (Å²) in [5.74, 6) is 0.477. The number of carbonyl (C=O) groups is 1. The third kappa shape index (κ3) is 5.78. The van der Waals surface area contributed by atoms with Crippen molar-refractivity contribution in [3.63, 3.8) is 0 Å². The average Bonchev–Trinajstić information content (AvgIpc) is 2.20. The van der Waals surface area contributed by atoms with E-state index in [1.165, 1.54) is 0 Å². The van der Waals surface area contributed by atoms with Gasteiger partial charge in [0.25, 0.3) is 0 Å². The summed E-state index contributed by atoms with van der Waals surface area (Å²) in [4.78, 5) is 11.4. The number of ether oxygens (including phenoxy) is 1. The molecule has 0 heterocycles. The van der Waals surface area contributed by atoms with E-state index in [1.54, 1.807) is 0 Å². The molecule has 1 atom stereocenters. The highest BCUT2D eigenvalue weighted by atomic mass is 16.5. The fourth-order valence-electron chi connectivity index (χ4n) is 1.92. The molecule has 0 spiro atoms. The van der Waals surface area contributed by atoms with Crippen LogP contribution in [0.2, 0.25) is 0 Å². The van der Waals surface area contributed by atoms with Gasteiger partial charge in [0.1, 0.15) is 0 Å². The first kappa shape index (κ1) is 14.4. The number of carbonyl (C=O) groups excluding carboxylic acids is 1. The molecule has 0 aliphatic carbocycles. The van der Waals surface area contributed by atoms with Gasteiger partial charge in [-0.2, -0.15) is 0 Å². The Morgan fingerprint density at radius 2 is 1.80 bits per heavy atom. The Balaban J connectivity index is 4.18. The second kappa shape index (κ2) is 8.72. The fourth-order valence-corrected chi connectivity index (χ4v) is 1.92. The summed E-state index contributed by atoms with van der Waals surface area (Å²) < 4.78 is 4.98. The van der Waals surface area contributed by atoms with Gasteiger partial charge < -0.3 is 10.1 Å². The van der Waals surface area contributed by atoms with Crippen LogP contribution in [0, 0.1) is 5.92 Å². The van der Waals surface area contributed by atoms with Gasteiger partial charge in [-0.05, 0) is 19.4 Å². The molecule has 1 unspecified atom stereocenters. The van der Waals surface area contributed by atoms with Crippen LogP contribution in [-0.2, 0) is 9.53 Å². The van der Waals surface area contributed by atoms with E-state index >= 15 is 0 Å². The molecule has 0 saturated heterocycles. The SMILES string of the molecule is CCNC(CC(=O)OCC)C(CC)CC. The van der Waals surface area contributed by atoms with Gasteiger partial charge >= 0.3 is 5.97 Å². The van der Waals surface area contributed by atoms with Gasteiger partial charge in [0.15, 0.2) is 0 Å². The number of hydrogen-bond acceptors (Lipinski definition) is 3. The quantitative estimate of drug-likeness (QED) is 0.632. The van der Waals surface area contributed by atoms with Gasteiger partial charge in [0.05, 0.1) is 13.0 Å². The molecule has 0 amide bonds. The van der Waals surface area contributed by atoms with Crippen LogP contribution < -0.4 is 5.32 Å². The van der Waals surface area contributed by atoms with E-state index < -0.39 is 0 Å². The molecule has 15 heavy (non-hydrogen) atoms. The third-order valence-corrected chi connectivity index (χ3v) is 2.78. The van der Waals surface area contributed by atoms with E-state index in [1.807, 2.05) is 6.92 Å². The van der Waals surface area contributed by atoms with E-state index in [4.69, 9.17) is 4.74 Å². The van der Waals surface area contributed by atoms with Gasteiger partial charge in [-0.25, -0.2) is 0 Å². The molecule has 1 N–H and O–H groups in total. The first-order chi connectivity index (χ1) is 7.19. The summed E-state index contributed by atoms with van der Waals surface area (Å²) in [6.45, 7) is 9.63. The van der Waals surface area contributed by atoms with Crippen LogP contribution in [0.1, 0.15) is 47.0 Å². The van der Waals surface area contributed by atoms with Crippen LogP contribution in [0.5, 0.6) is 0 Å². The molecule has 0 aromatic carbocycles. The van der Waals surface area contributed by atoms with Crippen molar-refractivity contribution in [3.05, 3.63) is 0 Å². The highest BCUT2D eigenvalue weighted by Gasteiger charge is 2.20. The lowest BCUT2D eigenvalue weighted by Gasteiger charge is -2.25. The largest absolute Gasteiger partial charge is 0.466 e. The zero-order valence-corrected chi connectivity index (χ0v) is 10.5. The van der Waals surface area contributed by atoms with Gasteiger partial charge in [0.2, 0.25) is 0 Å². The highest BCUT2D eigenvalue weighted by Crippen LogP contribution is 2.16. The number of esters is 1. The van der Waals surface area contributed by atoms with Gasteiger partial charge in [0, 0.05) is 6.04 Å². The van der Waals surface area contributed by atoms with Crippen molar-refractivity contribution >= 4 is 5.97 Å². The Morgan fingerprint density at radius 3 is 2.20 bits per heavy atom. The van der Waals surface area contributed by atoms with E-state index in [9.17, 15) is 4.79 Å². The smallest absolute Gasteiger partial charge is 0.307 e. The van der Waals surface area contributed by atoms with Crippen molar-refractivity contribution in [2.75, 3.05) is 13.2 Å². The van der Waals surface area contributed by atoms with Crippen molar-refractivity contribution < 1.29 is 9.53 Å². The van der Waals surface area contributed by atoms with E-state index in [0.29, 0.717) is 18.9 Å². The molecule has 0 aromatic rings. The van der Waals surface area contributed by atoms with Crippen LogP contribution in [0.25, 0.3) is 0 Å². The maximum Gasteiger partial charge on any atom is 0.307 e. The standard InChI is InChI=1S/C12H25NO2/c1-5-10(6-2)11(13-7-3)9-12(14)15-8-4/h10-11,13H,5-9H2,1-4H3. The minimum Gasteiger partial charge on any atom is -0.466 e. The van der Waals surface area contributed by atoms with E-state index in [0.717, 1.165) is 19.4 Å². The predicted octanol–water partition coefficient (Wildman–Crippen LogP) is 2.35. The van der Waals surface area contributed by atoms with Crippen molar-refractivity contribution in [2.24, 2.45) is 5.92 Å². The zero-order chi connectivity index (χ0) is 11.7. The van der Waals surface area contributed by atoms with Crippen molar-refractivity contribution in [1.82, 2.24) is 5.32 Å². The van der Waals surface area contributed by atoms with Crippen LogP contribution in [0.4, 0.5) is 0 Å². The molecule has 0 saturated carbocycles.